The predicted octanol–water partition coefficient (Wildman–Crippen LogP) is 2.75. The number of hydrogen-bond acceptors (Lipinski definition) is 8. The molecule has 0 spiro atoms. The molecule has 1 aliphatic heterocycles. The quantitative estimate of drug-likeness (QED) is 0.200. The van der Waals surface area contributed by atoms with Crippen LogP contribution in [0.5, 0.6) is 11.5 Å². The van der Waals surface area contributed by atoms with Crippen molar-refractivity contribution in [1.29, 1.82) is 0 Å². The van der Waals surface area contributed by atoms with Gasteiger partial charge in [-0.05, 0) is 47.9 Å². The van der Waals surface area contributed by atoms with E-state index >= 15 is 0 Å². The van der Waals surface area contributed by atoms with Gasteiger partial charge in [0.2, 0.25) is 0 Å². The van der Waals surface area contributed by atoms with Crippen LogP contribution in [0.2, 0.25) is 0 Å². The lowest BCUT2D eigenvalue weighted by Gasteiger charge is -2.44. The minimum atomic E-state index is -2.13. The summed E-state index contributed by atoms with van der Waals surface area (Å²) in [6.07, 6.45) is -4.16. The van der Waals surface area contributed by atoms with E-state index < -0.39 is 53.1 Å². The summed E-state index contributed by atoms with van der Waals surface area (Å²) in [5.41, 5.74) is -2.89. The topological polar surface area (TPSA) is 160 Å². The van der Waals surface area contributed by atoms with Gasteiger partial charge in [0.1, 0.15) is 35.5 Å². The average molecular weight is 603 g/mol. The predicted molar refractivity (Wildman–Crippen MR) is 160 cm³/mol. The van der Waals surface area contributed by atoms with Crippen molar-refractivity contribution in [2.75, 3.05) is 14.2 Å². The van der Waals surface area contributed by atoms with Crippen molar-refractivity contribution >= 4 is 5.97 Å². The fraction of sp³-hybridized carbons (Fsp3) is 0.303. The van der Waals surface area contributed by atoms with Crippen molar-refractivity contribution < 1.29 is 34.3 Å². The SMILES string of the molecule is COc1ccc(C(c2ccccc2)(c2ccc(OC)cc2)C(O)[C@H]2O[C@@H](n3cc(C)c(=O)[nH]c3=O)C[C@@]2(O)CC(=O)O)cc1. The average Bonchev–Trinajstić information content (AvgIpc) is 3.36. The molecule has 0 bridgehead atoms. The number of aromatic nitrogens is 2. The Kier molecular flexibility index (Phi) is 8.46. The number of rotatable bonds is 10. The Morgan fingerprint density at radius 1 is 0.977 bits per heavy atom. The largest absolute Gasteiger partial charge is 0.497 e. The molecule has 0 amide bonds. The number of aliphatic carboxylic acids is 1. The Hall–Kier alpha value is -4.71. The Balaban J connectivity index is 1.76. The number of carboxylic acid groups (broad SMARTS) is 1. The molecule has 3 aromatic carbocycles. The fourth-order valence-corrected chi connectivity index (χ4v) is 6.18. The Labute approximate surface area is 252 Å². The summed E-state index contributed by atoms with van der Waals surface area (Å²) >= 11 is 0. The summed E-state index contributed by atoms with van der Waals surface area (Å²) in [7, 11) is 3.08. The van der Waals surface area contributed by atoms with Crippen molar-refractivity contribution in [2.24, 2.45) is 0 Å². The number of nitrogens with zero attached hydrogens (tertiary/aromatic N) is 1. The monoisotopic (exact) mass is 602 g/mol. The molecule has 1 saturated heterocycles. The molecule has 4 aromatic rings. The molecule has 1 aromatic heterocycles. The Bertz CT molecular complexity index is 1690. The Morgan fingerprint density at radius 3 is 2.00 bits per heavy atom. The minimum Gasteiger partial charge on any atom is -0.497 e. The number of H-pyrrole nitrogens is 1. The standard InChI is InChI=1S/C33H34N2O9/c1-20-19-35(31(40)34-30(20)39)26-17-32(41,18-27(36)37)29(44-26)28(38)33(21-7-5-4-6-8-21,22-9-13-24(42-2)14-10-22)23-11-15-25(43-3)16-12-23/h4-16,19,26,28-29,38,41H,17-18H2,1-3H3,(H,36,37)(H,34,39,40)/t26-,28?,29-,32-/m1/s1. The van der Waals surface area contributed by atoms with Gasteiger partial charge in [0.25, 0.3) is 5.56 Å². The number of ether oxygens (including phenoxy) is 3. The van der Waals surface area contributed by atoms with Crippen LogP contribution in [0.1, 0.15) is 41.3 Å². The van der Waals surface area contributed by atoms with Crippen LogP contribution in [0.25, 0.3) is 0 Å². The summed E-state index contributed by atoms with van der Waals surface area (Å²) in [6.45, 7) is 1.51. The molecule has 1 unspecified atom stereocenters. The van der Waals surface area contributed by atoms with Gasteiger partial charge in [-0.25, -0.2) is 4.79 Å². The molecule has 1 aliphatic rings. The highest BCUT2D eigenvalue weighted by molar-refractivity contribution is 5.68. The van der Waals surface area contributed by atoms with Crippen LogP contribution in [-0.4, -0.2) is 62.9 Å². The second kappa shape index (κ2) is 12.1. The lowest BCUT2D eigenvalue weighted by molar-refractivity contribution is -0.155. The van der Waals surface area contributed by atoms with Gasteiger partial charge in [0.05, 0.1) is 26.1 Å². The first-order valence-electron chi connectivity index (χ1n) is 14.0. The smallest absolute Gasteiger partial charge is 0.330 e. The zero-order chi connectivity index (χ0) is 31.6. The van der Waals surface area contributed by atoms with E-state index in [1.165, 1.54) is 27.3 Å². The number of benzene rings is 3. The van der Waals surface area contributed by atoms with Crippen LogP contribution < -0.4 is 20.7 Å². The second-order valence-electron chi connectivity index (χ2n) is 10.9. The highest BCUT2D eigenvalue weighted by Gasteiger charge is 2.59. The summed E-state index contributed by atoms with van der Waals surface area (Å²) in [6, 6.07) is 23.2. The summed E-state index contributed by atoms with van der Waals surface area (Å²) in [5.74, 6) is -0.169. The first-order valence-corrected chi connectivity index (χ1v) is 14.0. The maximum atomic E-state index is 12.8. The van der Waals surface area contributed by atoms with E-state index in [-0.39, 0.29) is 12.0 Å². The molecule has 11 heteroatoms. The van der Waals surface area contributed by atoms with Gasteiger partial charge in [-0.3, -0.25) is 19.1 Å². The van der Waals surface area contributed by atoms with Crippen molar-refractivity contribution in [3.8, 4) is 11.5 Å². The highest BCUT2D eigenvalue weighted by Crippen LogP contribution is 2.50. The van der Waals surface area contributed by atoms with Crippen LogP contribution in [0.3, 0.4) is 0 Å². The van der Waals surface area contributed by atoms with E-state index in [4.69, 9.17) is 14.2 Å². The van der Waals surface area contributed by atoms with Gasteiger partial charge in [-0.15, -0.1) is 0 Å². The number of carboxylic acids is 1. The summed E-state index contributed by atoms with van der Waals surface area (Å²) in [4.78, 5) is 39.2. The van der Waals surface area contributed by atoms with E-state index in [2.05, 4.69) is 4.98 Å². The lowest BCUT2D eigenvalue weighted by atomic mass is 9.62. The molecule has 11 nitrogen and oxygen atoms in total. The fourth-order valence-electron chi connectivity index (χ4n) is 6.18. The number of aliphatic hydroxyl groups excluding tert-OH is 1. The number of nitrogens with one attached hydrogen (secondary N) is 1. The van der Waals surface area contributed by atoms with Crippen LogP contribution >= 0.6 is 0 Å². The molecular formula is C33H34N2O9. The molecule has 0 aliphatic carbocycles. The lowest BCUT2D eigenvalue weighted by Crippen LogP contribution is -2.56. The molecule has 1 fully saturated rings. The molecule has 2 heterocycles. The molecule has 4 N–H and O–H groups in total. The Morgan fingerprint density at radius 2 is 1.50 bits per heavy atom. The highest BCUT2D eigenvalue weighted by atomic mass is 16.6. The van der Waals surface area contributed by atoms with Gasteiger partial charge in [-0.1, -0.05) is 54.6 Å². The number of methoxy groups -OCH3 is 2. The van der Waals surface area contributed by atoms with Crippen LogP contribution in [0, 0.1) is 6.92 Å². The number of aliphatic hydroxyl groups is 2. The van der Waals surface area contributed by atoms with Crippen molar-refractivity contribution in [2.45, 2.75) is 49.2 Å². The zero-order valence-electron chi connectivity index (χ0n) is 24.5. The maximum absolute atomic E-state index is 12.8. The van der Waals surface area contributed by atoms with Crippen molar-refractivity contribution in [1.82, 2.24) is 9.55 Å². The summed E-state index contributed by atoms with van der Waals surface area (Å²) in [5, 5.41) is 34.5. The van der Waals surface area contributed by atoms with Gasteiger partial charge in [-0.2, -0.15) is 0 Å². The van der Waals surface area contributed by atoms with Gasteiger partial charge in [0.15, 0.2) is 0 Å². The minimum absolute atomic E-state index is 0.217. The molecule has 4 atom stereocenters. The normalized spacial score (nSPS) is 20.7. The first kappa shape index (κ1) is 30.7. The van der Waals surface area contributed by atoms with E-state index in [9.17, 15) is 29.7 Å². The van der Waals surface area contributed by atoms with E-state index in [1.807, 2.05) is 30.3 Å². The molecule has 230 valence electrons. The number of hydrogen-bond donors (Lipinski definition) is 4. The maximum Gasteiger partial charge on any atom is 0.330 e. The van der Waals surface area contributed by atoms with Gasteiger partial charge in [0, 0.05) is 18.2 Å². The van der Waals surface area contributed by atoms with Crippen LogP contribution in [-0.2, 0) is 14.9 Å². The second-order valence-corrected chi connectivity index (χ2v) is 10.9. The van der Waals surface area contributed by atoms with Crippen LogP contribution in [0.4, 0.5) is 0 Å². The number of aromatic amines is 1. The van der Waals surface area contributed by atoms with E-state index in [0.29, 0.717) is 28.2 Å². The molecular weight excluding hydrogens is 568 g/mol. The molecule has 0 saturated carbocycles. The van der Waals surface area contributed by atoms with Crippen LogP contribution in [0.15, 0.2) is 94.6 Å². The van der Waals surface area contributed by atoms with E-state index in [0.717, 1.165) is 4.57 Å². The van der Waals surface area contributed by atoms with Gasteiger partial charge < -0.3 is 29.5 Å². The van der Waals surface area contributed by atoms with E-state index in [1.54, 1.807) is 48.5 Å². The number of carbonyl (C=O) groups is 1. The molecule has 44 heavy (non-hydrogen) atoms. The first-order chi connectivity index (χ1) is 21.0. The summed E-state index contributed by atoms with van der Waals surface area (Å²) < 4.78 is 18.2. The zero-order valence-corrected chi connectivity index (χ0v) is 24.5. The number of aryl methyl sites for hydroxylation is 1. The van der Waals surface area contributed by atoms with Crippen molar-refractivity contribution in [3.63, 3.8) is 0 Å². The molecule has 5 rings (SSSR count). The van der Waals surface area contributed by atoms with Gasteiger partial charge >= 0.3 is 11.7 Å². The third kappa shape index (κ3) is 5.41. The third-order valence-electron chi connectivity index (χ3n) is 8.33. The van der Waals surface area contributed by atoms with Crippen molar-refractivity contribution in [3.05, 3.63) is 128 Å². The molecule has 0 radical (unpaired) electrons. The third-order valence-corrected chi connectivity index (χ3v) is 8.33.